The standard InChI is InChI=1S/C6H6Cl6.FH2O3P.H3N/c7-1-2(8)4(10)6(12)5(11)3(1)9;1-5(2,3)4;/h1-6H;(H2,2,3,4);1H3. The summed E-state index contributed by atoms with van der Waals surface area (Å²) in [5.74, 6) is 0. The second-order valence-corrected chi connectivity index (χ2v) is 7.11. The molecule has 0 radical (unpaired) electrons. The molecule has 0 aliphatic heterocycles. The Morgan fingerprint density at radius 2 is 0.778 bits per heavy atom. The number of halogens is 7. The van der Waals surface area contributed by atoms with Crippen LogP contribution >= 0.6 is 77.5 Å². The van der Waals surface area contributed by atoms with Crippen LogP contribution in [0.25, 0.3) is 0 Å². The summed E-state index contributed by atoms with van der Waals surface area (Å²) in [6.45, 7) is 0. The lowest BCUT2D eigenvalue weighted by atomic mass is 9.97. The third-order valence-corrected chi connectivity index (χ3v) is 5.86. The summed E-state index contributed by atoms with van der Waals surface area (Å²) in [4.78, 5) is 13.9. The average Bonchev–Trinajstić information content (AvgIpc) is 2.18. The van der Waals surface area contributed by atoms with Gasteiger partial charge in [-0.25, -0.2) is 4.57 Å². The molecule has 0 saturated heterocycles. The second kappa shape index (κ2) is 8.93. The first kappa shape index (κ1) is 22.1. The summed E-state index contributed by atoms with van der Waals surface area (Å²) < 4.78 is 19.0. The quantitative estimate of drug-likeness (QED) is 0.420. The molecule has 0 aromatic carbocycles. The summed E-state index contributed by atoms with van der Waals surface area (Å²) in [6.07, 6.45) is 0. The summed E-state index contributed by atoms with van der Waals surface area (Å²) in [5, 5.41) is -2.62. The molecule has 0 heterocycles. The highest BCUT2D eigenvalue weighted by Crippen LogP contribution is 2.39. The van der Waals surface area contributed by atoms with Gasteiger partial charge in [0.05, 0.1) is 32.3 Å². The van der Waals surface area contributed by atoms with Crippen molar-refractivity contribution in [2.45, 2.75) is 32.3 Å². The van der Waals surface area contributed by atoms with Crippen molar-refractivity contribution in [1.82, 2.24) is 6.15 Å². The van der Waals surface area contributed by atoms with Gasteiger partial charge in [0.15, 0.2) is 0 Å². The maximum Gasteiger partial charge on any atom is 0.507 e. The zero-order valence-electron chi connectivity index (χ0n) is 8.57. The summed E-state index contributed by atoms with van der Waals surface area (Å²) >= 11 is 35.3. The van der Waals surface area contributed by atoms with Gasteiger partial charge in [-0.3, -0.25) is 9.79 Å². The van der Waals surface area contributed by atoms with Gasteiger partial charge in [0.2, 0.25) is 0 Å². The monoisotopic (exact) mass is 405 g/mol. The number of rotatable bonds is 0. The zero-order chi connectivity index (χ0) is 14.0. The van der Waals surface area contributed by atoms with Crippen molar-refractivity contribution >= 4 is 77.5 Å². The van der Waals surface area contributed by atoms with Gasteiger partial charge in [-0.2, -0.15) is 0 Å². The van der Waals surface area contributed by atoms with Crippen LogP contribution in [0.5, 0.6) is 0 Å². The fraction of sp³-hybridized carbons (Fsp3) is 1.00. The molecule has 1 rings (SSSR count). The largest absolute Gasteiger partial charge is 0.507 e. The van der Waals surface area contributed by atoms with E-state index in [0.717, 1.165) is 0 Å². The molecule has 1 aliphatic carbocycles. The SMILES string of the molecule is ClC1C(Cl)C(Cl)C(Cl)C(Cl)C1Cl.N.O=P(O)(O)F. The average molecular weight is 408 g/mol. The van der Waals surface area contributed by atoms with Crippen molar-refractivity contribution < 1.29 is 18.5 Å². The van der Waals surface area contributed by atoms with Crippen LogP contribution in [0.2, 0.25) is 0 Å². The molecule has 4 nitrogen and oxygen atoms in total. The Labute approximate surface area is 134 Å². The molecular weight excluding hydrogens is 397 g/mol. The highest BCUT2D eigenvalue weighted by atomic mass is 35.5. The zero-order valence-corrected chi connectivity index (χ0v) is 14.0. The van der Waals surface area contributed by atoms with Crippen LogP contribution in [0.4, 0.5) is 4.20 Å². The van der Waals surface area contributed by atoms with E-state index < -0.39 is 40.2 Å². The molecule has 0 aromatic heterocycles. The molecule has 5 N–H and O–H groups in total. The molecule has 0 aromatic rings. The smallest absolute Gasteiger partial charge is 0.344 e. The first-order valence-electron chi connectivity index (χ1n) is 4.06. The number of hydrogen-bond acceptors (Lipinski definition) is 2. The third kappa shape index (κ3) is 7.53. The van der Waals surface area contributed by atoms with Gasteiger partial charge in [0, 0.05) is 0 Å². The molecule has 12 heteroatoms. The summed E-state index contributed by atoms with van der Waals surface area (Å²) in [7, 11) is -5.14. The van der Waals surface area contributed by atoms with Crippen LogP contribution in [0.3, 0.4) is 0 Å². The van der Waals surface area contributed by atoms with Crippen molar-refractivity contribution in [3.63, 3.8) is 0 Å². The van der Waals surface area contributed by atoms with E-state index in [-0.39, 0.29) is 6.15 Å². The minimum absolute atomic E-state index is 0. The molecule has 0 spiro atoms. The predicted octanol–water partition coefficient (Wildman–Crippen LogP) is 3.86. The molecule has 112 valence electrons. The number of alkyl halides is 6. The first-order valence-corrected chi connectivity index (χ1v) is 8.18. The van der Waals surface area contributed by atoms with Crippen LogP contribution in [-0.4, -0.2) is 42.0 Å². The lowest BCUT2D eigenvalue weighted by Gasteiger charge is -2.37. The normalized spacial score (nSPS) is 40.3. The van der Waals surface area contributed by atoms with Crippen molar-refractivity contribution in [2.24, 2.45) is 0 Å². The summed E-state index contributed by atoms with van der Waals surface area (Å²) in [6, 6.07) is 0. The maximum absolute atomic E-state index is 10.4. The van der Waals surface area contributed by atoms with Crippen LogP contribution in [0, 0.1) is 0 Å². The van der Waals surface area contributed by atoms with Crippen molar-refractivity contribution in [2.75, 3.05) is 0 Å². The maximum atomic E-state index is 10.4. The van der Waals surface area contributed by atoms with E-state index in [1.165, 1.54) is 0 Å². The molecule has 18 heavy (non-hydrogen) atoms. The topological polar surface area (TPSA) is 92.5 Å². The van der Waals surface area contributed by atoms with Gasteiger partial charge in [-0.1, -0.05) is 0 Å². The van der Waals surface area contributed by atoms with Crippen LogP contribution in [0.15, 0.2) is 0 Å². The Kier molecular flexibility index (Phi) is 11.0. The van der Waals surface area contributed by atoms with Crippen molar-refractivity contribution in [3.05, 3.63) is 0 Å². The fourth-order valence-corrected chi connectivity index (χ4v) is 3.38. The van der Waals surface area contributed by atoms with Gasteiger partial charge in [-0.15, -0.1) is 73.8 Å². The predicted molar refractivity (Wildman–Crippen MR) is 76.0 cm³/mol. The first-order chi connectivity index (χ1) is 7.46. The van der Waals surface area contributed by atoms with E-state index in [4.69, 9.17) is 84.0 Å². The Morgan fingerprint density at radius 3 is 0.833 bits per heavy atom. The molecule has 0 unspecified atom stereocenters. The Bertz CT molecular complexity index is 230. The van der Waals surface area contributed by atoms with E-state index in [1.807, 2.05) is 0 Å². The van der Waals surface area contributed by atoms with E-state index in [0.29, 0.717) is 0 Å². The molecule has 0 atom stereocenters. The molecule has 0 bridgehead atoms. The Balaban J connectivity index is 0. The van der Waals surface area contributed by atoms with E-state index in [9.17, 15) is 4.20 Å². The number of hydrogen-bond donors (Lipinski definition) is 3. The van der Waals surface area contributed by atoms with Crippen LogP contribution in [0.1, 0.15) is 0 Å². The van der Waals surface area contributed by atoms with Crippen molar-refractivity contribution in [3.8, 4) is 0 Å². The van der Waals surface area contributed by atoms with Gasteiger partial charge < -0.3 is 6.15 Å². The lowest BCUT2D eigenvalue weighted by molar-refractivity contribution is 0.322. The Morgan fingerprint density at radius 1 is 0.722 bits per heavy atom. The molecule has 1 aliphatic rings. The van der Waals surface area contributed by atoms with E-state index >= 15 is 0 Å². The molecular formula is C6H11Cl6FNO3P. The Hall–Kier alpha value is 1.78. The van der Waals surface area contributed by atoms with Crippen LogP contribution in [-0.2, 0) is 4.57 Å². The molecule has 0 amide bonds. The third-order valence-electron chi connectivity index (χ3n) is 1.83. The van der Waals surface area contributed by atoms with Gasteiger partial charge >= 0.3 is 7.91 Å². The highest BCUT2D eigenvalue weighted by Gasteiger charge is 2.46. The second-order valence-electron chi connectivity index (χ2n) is 3.14. The van der Waals surface area contributed by atoms with E-state index in [1.54, 1.807) is 0 Å². The molecule has 1 saturated carbocycles. The fourth-order valence-electron chi connectivity index (χ4n) is 1.05. The highest BCUT2D eigenvalue weighted by molar-refractivity contribution is 7.45. The lowest BCUT2D eigenvalue weighted by Crippen LogP contribution is -2.52. The van der Waals surface area contributed by atoms with Crippen molar-refractivity contribution in [1.29, 1.82) is 0 Å². The van der Waals surface area contributed by atoms with Gasteiger partial charge in [0.1, 0.15) is 0 Å². The molecule has 1 fully saturated rings. The minimum atomic E-state index is -5.14. The summed E-state index contributed by atoms with van der Waals surface area (Å²) in [5.41, 5.74) is 0. The van der Waals surface area contributed by atoms with Gasteiger partial charge in [0.25, 0.3) is 0 Å². The van der Waals surface area contributed by atoms with Gasteiger partial charge in [-0.05, 0) is 0 Å². The minimum Gasteiger partial charge on any atom is -0.344 e. The van der Waals surface area contributed by atoms with E-state index in [2.05, 4.69) is 0 Å². The van der Waals surface area contributed by atoms with Crippen LogP contribution < -0.4 is 6.15 Å².